The first-order valence-corrected chi connectivity index (χ1v) is 13.3. The van der Waals surface area contributed by atoms with Crippen LogP contribution in [0.2, 0.25) is 0 Å². The Labute approximate surface area is 232 Å². The van der Waals surface area contributed by atoms with Crippen LogP contribution in [0.1, 0.15) is 52.7 Å². The molecule has 0 aliphatic heterocycles. The number of amides is 2. The Morgan fingerprint density at radius 3 is 1.23 bits per heavy atom. The van der Waals surface area contributed by atoms with E-state index in [9.17, 15) is 30.0 Å². The van der Waals surface area contributed by atoms with Crippen molar-refractivity contribution in [3.8, 4) is 0 Å². The molecule has 0 saturated heterocycles. The van der Waals surface area contributed by atoms with Gasteiger partial charge in [-0.25, -0.2) is 9.59 Å². The van der Waals surface area contributed by atoms with E-state index in [0.717, 1.165) is 11.1 Å². The Bertz CT molecular complexity index is 953. The summed E-state index contributed by atoms with van der Waals surface area (Å²) in [5.74, 6) is 0. The molecule has 0 fully saturated rings. The number of nitrogens with zero attached hydrogens (tertiary/aromatic N) is 2. The van der Waals surface area contributed by atoms with E-state index in [1.54, 1.807) is 41.5 Å². The van der Waals surface area contributed by atoms with Gasteiger partial charge in [0.05, 0.1) is 24.3 Å². The highest BCUT2D eigenvalue weighted by Crippen LogP contribution is 2.24. The van der Waals surface area contributed by atoms with Gasteiger partial charge in [-0.3, -0.25) is 9.80 Å². The van der Waals surface area contributed by atoms with E-state index < -0.39 is 47.6 Å². The molecule has 0 saturated carbocycles. The molecular formula is C30H45N3O6. The molecule has 0 unspecified atom stereocenters. The highest BCUT2D eigenvalue weighted by molar-refractivity contribution is 5.67. The van der Waals surface area contributed by atoms with Crippen LogP contribution < -0.4 is 5.32 Å². The van der Waals surface area contributed by atoms with Crippen LogP contribution in [-0.2, 0) is 12.8 Å². The molecule has 9 nitrogen and oxygen atoms in total. The molecule has 0 bridgehead atoms. The van der Waals surface area contributed by atoms with Crippen molar-refractivity contribution in [2.24, 2.45) is 0 Å². The zero-order chi connectivity index (χ0) is 29.4. The van der Waals surface area contributed by atoms with Crippen molar-refractivity contribution in [2.45, 2.75) is 89.8 Å². The molecule has 0 heterocycles. The third-order valence-electron chi connectivity index (χ3n) is 6.69. The van der Waals surface area contributed by atoms with Gasteiger partial charge < -0.3 is 25.7 Å². The van der Waals surface area contributed by atoms with Crippen molar-refractivity contribution >= 4 is 12.2 Å². The smallest absolute Gasteiger partial charge is 0.408 e. The molecule has 0 aliphatic carbocycles. The molecule has 9 heteroatoms. The Hall–Kier alpha value is -3.14. The summed E-state index contributed by atoms with van der Waals surface area (Å²) in [6.45, 7) is 10.7. The fraction of sp³-hybridized carbons (Fsp3) is 0.533. The van der Waals surface area contributed by atoms with Crippen molar-refractivity contribution in [3.63, 3.8) is 0 Å². The number of carboxylic acid groups (broad SMARTS) is 2. The first-order chi connectivity index (χ1) is 18.1. The molecule has 216 valence electrons. The van der Waals surface area contributed by atoms with E-state index in [1.165, 1.54) is 9.80 Å². The van der Waals surface area contributed by atoms with E-state index >= 15 is 0 Å². The van der Waals surface area contributed by atoms with E-state index in [1.807, 2.05) is 60.7 Å². The van der Waals surface area contributed by atoms with Crippen LogP contribution in [0.4, 0.5) is 9.59 Å². The van der Waals surface area contributed by atoms with Crippen molar-refractivity contribution in [1.82, 2.24) is 15.1 Å². The minimum atomic E-state index is -1.13. The summed E-state index contributed by atoms with van der Waals surface area (Å²) in [5.41, 5.74) is 0.257. The summed E-state index contributed by atoms with van der Waals surface area (Å²) in [7, 11) is 0. The lowest BCUT2D eigenvalue weighted by molar-refractivity contribution is -0.00226. The Morgan fingerprint density at radius 2 is 0.974 bits per heavy atom. The molecule has 4 atom stereocenters. The fourth-order valence-corrected chi connectivity index (χ4v) is 5.01. The Balaban J connectivity index is 2.22. The molecule has 0 aromatic heterocycles. The largest absolute Gasteiger partial charge is 0.465 e. The van der Waals surface area contributed by atoms with Crippen LogP contribution in [0.5, 0.6) is 0 Å². The van der Waals surface area contributed by atoms with Crippen molar-refractivity contribution in [3.05, 3.63) is 71.8 Å². The standard InChI is InChI=1S/C30H45N3O6/c1-29(2,3)32(27(36)37)23(17-21-13-9-7-10-14-21)25(34)19-31-20-26(35)24(18-22-15-11-8-12-16-22)33(28(38)39)30(4,5)6/h7-16,23-26,31,34-35H,17-20H2,1-6H3,(H,36,37)(H,38,39)/t23-,24-,25-,26-/m0/s1. The highest BCUT2D eigenvalue weighted by atomic mass is 16.4. The number of aliphatic hydroxyl groups is 2. The maximum atomic E-state index is 12.3. The second kappa shape index (κ2) is 13.8. The molecule has 2 aromatic carbocycles. The first-order valence-electron chi connectivity index (χ1n) is 13.3. The fourth-order valence-electron chi connectivity index (χ4n) is 5.01. The quantitative estimate of drug-likeness (QED) is 0.272. The maximum absolute atomic E-state index is 12.3. The first kappa shape index (κ1) is 32.1. The molecule has 0 radical (unpaired) electrons. The van der Waals surface area contributed by atoms with Gasteiger partial charge >= 0.3 is 12.2 Å². The number of hydrogen-bond acceptors (Lipinski definition) is 5. The molecule has 0 aliphatic rings. The lowest BCUT2D eigenvalue weighted by Crippen LogP contribution is -2.59. The van der Waals surface area contributed by atoms with Gasteiger partial charge in [0.15, 0.2) is 0 Å². The van der Waals surface area contributed by atoms with E-state index in [2.05, 4.69) is 5.32 Å². The van der Waals surface area contributed by atoms with Crippen LogP contribution in [0, 0.1) is 0 Å². The third-order valence-corrected chi connectivity index (χ3v) is 6.69. The van der Waals surface area contributed by atoms with Crippen LogP contribution in [-0.4, -0.2) is 90.9 Å². The lowest BCUT2D eigenvalue weighted by atomic mass is 9.94. The summed E-state index contributed by atoms with van der Waals surface area (Å²) in [4.78, 5) is 27.0. The van der Waals surface area contributed by atoms with Crippen LogP contribution in [0.25, 0.3) is 0 Å². The third kappa shape index (κ3) is 9.53. The second-order valence-electron chi connectivity index (χ2n) is 12.0. The van der Waals surface area contributed by atoms with Crippen molar-refractivity contribution < 1.29 is 30.0 Å². The Kier molecular flexibility index (Phi) is 11.3. The van der Waals surface area contributed by atoms with Crippen LogP contribution in [0.15, 0.2) is 60.7 Å². The van der Waals surface area contributed by atoms with Gasteiger partial charge in [0.25, 0.3) is 0 Å². The zero-order valence-electron chi connectivity index (χ0n) is 23.9. The number of aliphatic hydroxyl groups excluding tert-OH is 2. The average molecular weight is 544 g/mol. The highest BCUT2D eigenvalue weighted by Gasteiger charge is 2.39. The number of nitrogens with one attached hydrogen (secondary N) is 1. The minimum Gasteiger partial charge on any atom is -0.465 e. The lowest BCUT2D eigenvalue weighted by Gasteiger charge is -2.43. The van der Waals surface area contributed by atoms with Gasteiger partial charge in [-0.1, -0.05) is 60.7 Å². The van der Waals surface area contributed by atoms with Crippen LogP contribution >= 0.6 is 0 Å². The predicted molar refractivity (Wildman–Crippen MR) is 152 cm³/mol. The molecule has 0 spiro atoms. The van der Waals surface area contributed by atoms with Gasteiger partial charge in [0.1, 0.15) is 0 Å². The van der Waals surface area contributed by atoms with Gasteiger partial charge in [-0.15, -0.1) is 0 Å². The number of carbonyl (C=O) groups is 2. The van der Waals surface area contributed by atoms with Gasteiger partial charge in [-0.2, -0.15) is 0 Å². The van der Waals surface area contributed by atoms with Gasteiger partial charge in [0.2, 0.25) is 0 Å². The van der Waals surface area contributed by atoms with E-state index in [-0.39, 0.29) is 13.1 Å². The molecule has 5 N–H and O–H groups in total. The topological polar surface area (TPSA) is 134 Å². The average Bonchev–Trinajstić information content (AvgIpc) is 2.82. The van der Waals surface area contributed by atoms with Crippen LogP contribution in [0.3, 0.4) is 0 Å². The summed E-state index contributed by atoms with van der Waals surface area (Å²) < 4.78 is 0. The predicted octanol–water partition coefficient (Wildman–Crippen LogP) is 4.08. The zero-order valence-corrected chi connectivity index (χ0v) is 23.9. The molecular weight excluding hydrogens is 498 g/mol. The molecule has 2 amide bonds. The van der Waals surface area contributed by atoms with Gasteiger partial charge in [-0.05, 0) is 65.5 Å². The molecule has 2 rings (SSSR count). The molecule has 39 heavy (non-hydrogen) atoms. The minimum absolute atomic E-state index is 0.00899. The summed E-state index contributed by atoms with van der Waals surface area (Å²) in [6, 6.07) is 17.3. The van der Waals surface area contributed by atoms with E-state index in [0.29, 0.717) is 12.8 Å². The van der Waals surface area contributed by atoms with Gasteiger partial charge in [0, 0.05) is 24.2 Å². The number of hydrogen-bond donors (Lipinski definition) is 5. The summed E-state index contributed by atoms with van der Waals surface area (Å²) in [5, 5.41) is 45.5. The Morgan fingerprint density at radius 1 is 0.667 bits per heavy atom. The van der Waals surface area contributed by atoms with Crippen molar-refractivity contribution in [2.75, 3.05) is 13.1 Å². The second-order valence-corrected chi connectivity index (χ2v) is 12.0. The van der Waals surface area contributed by atoms with Crippen molar-refractivity contribution in [1.29, 1.82) is 0 Å². The maximum Gasteiger partial charge on any atom is 0.408 e. The number of rotatable bonds is 12. The normalized spacial score (nSPS) is 15.2. The monoisotopic (exact) mass is 543 g/mol. The van der Waals surface area contributed by atoms with E-state index in [4.69, 9.17) is 0 Å². The summed E-state index contributed by atoms with van der Waals surface area (Å²) in [6.07, 6.45) is -3.82. The number of benzene rings is 2. The molecule has 2 aromatic rings. The summed E-state index contributed by atoms with van der Waals surface area (Å²) >= 11 is 0. The SMILES string of the molecule is CC(C)(C)N(C(=O)O)[C@@H](Cc1ccccc1)[C@@H](O)CNC[C@H](O)[C@H](Cc1ccccc1)N(C(=O)O)C(C)(C)C.